The lowest BCUT2D eigenvalue weighted by atomic mass is 9.91. The van der Waals surface area contributed by atoms with Gasteiger partial charge in [-0.05, 0) is 41.3 Å². The summed E-state index contributed by atoms with van der Waals surface area (Å²) in [7, 11) is 2.85. The quantitative estimate of drug-likeness (QED) is 0.619. The zero-order valence-corrected chi connectivity index (χ0v) is 18.6. The fourth-order valence-electron chi connectivity index (χ4n) is 3.35. The highest BCUT2D eigenvalue weighted by Crippen LogP contribution is 2.36. The van der Waals surface area contributed by atoms with Crippen molar-refractivity contribution in [3.8, 4) is 11.5 Å². The van der Waals surface area contributed by atoms with E-state index in [0.29, 0.717) is 40.0 Å². The molecule has 1 heterocycles. The van der Waals surface area contributed by atoms with E-state index in [1.165, 1.54) is 14.2 Å². The summed E-state index contributed by atoms with van der Waals surface area (Å²) in [5.74, 6) is 0.429. The van der Waals surface area contributed by atoms with E-state index in [9.17, 15) is 9.59 Å². The Kier molecular flexibility index (Phi) is 7.07. The number of esters is 1. The molecular formula is C23H25ClN2O5. The molecule has 0 aromatic heterocycles. The van der Waals surface area contributed by atoms with Crippen LogP contribution in [0.1, 0.15) is 31.0 Å². The molecule has 0 saturated heterocycles. The molecule has 1 atom stereocenters. The number of nitrogens with one attached hydrogen (secondary N) is 2. The van der Waals surface area contributed by atoms with Gasteiger partial charge >= 0.3 is 12.0 Å². The maximum absolute atomic E-state index is 12.5. The highest BCUT2D eigenvalue weighted by molar-refractivity contribution is 6.30. The van der Waals surface area contributed by atoms with Gasteiger partial charge in [0.2, 0.25) is 0 Å². The topological polar surface area (TPSA) is 85.9 Å². The van der Waals surface area contributed by atoms with E-state index in [0.717, 1.165) is 5.56 Å². The number of urea groups is 1. The first-order chi connectivity index (χ1) is 14.8. The van der Waals surface area contributed by atoms with Gasteiger partial charge in [-0.25, -0.2) is 9.59 Å². The Hall–Kier alpha value is -3.19. The van der Waals surface area contributed by atoms with Crippen molar-refractivity contribution in [3.63, 3.8) is 0 Å². The Morgan fingerprint density at radius 1 is 1.10 bits per heavy atom. The molecule has 31 heavy (non-hydrogen) atoms. The number of hydrogen-bond donors (Lipinski definition) is 2. The second-order valence-corrected chi connectivity index (χ2v) is 7.77. The first-order valence-corrected chi connectivity index (χ1v) is 10.2. The predicted molar refractivity (Wildman–Crippen MR) is 117 cm³/mol. The Balaban J connectivity index is 1.92. The second-order valence-electron chi connectivity index (χ2n) is 7.33. The van der Waals surface area contributed by atoms with Crippen LogP contribution >= 0.6 is 11.6 Å². The molecule has 2 amide bonds. The molecule has 1 aliphatic rings. The zero-order chi connectivity index (χ0) is 22.5. The van der Waals surface area contributed by atoms with E-state index in [1.807, 2.05) is 26.0 Å². The van der Waals surface area contributed by atoms with E-state index in [-0.39, 0.29) is 11.9 Å². The van der Waals surface area contributed by atoms with Crippen molar-refractivity contribution in [2.45, 2.75) is 26.5 Å². The molecule has 2 aromatic rings. The van der Waals surface area contributed by atoms with Crippen molar-refractivity contribution in [1.82, 2.24) is 10.6 Å². The fourth-order valence-corrected chi connectivity index (χ4v) is 3.48. The average Bonchev–Trinajstić information content (AvgIpc) is 2.77. The van der Waals surface area contributed by atoms with Crippen molar-refractivity contribution in [1.29, 1.82) is 0 Å². The minimum absolute atomic E-state index is 0.0773. The van der Waals surface area contributed by atoms with Crippen molar-refractivity contribution in [2.75, 3.05) is 14.2 Å². The first-order valence-electron chi connectivity index (χ1n) is 9.79. The molecule has 0 bridgehead atoms. The van der Waals surface area contributed by atoms with Gasteiger partial charge in [-0.15, -0.1) is 0 Å². The summed E-state index contributed by atoms with van der Waals surface area (Å²) >= 11 is 5.92. The third-order valence-corrected chi connectivity index (χ3v) is 5.17. The number of halogens is 1. The standard InChI is InChI=1S/C23H25ClN2O5/c1-13(2)20-19(22(27)30-4)21(26-23(28)25-20)15-7-10-17(18(11-15)29-3)31-12-14-5-8-16(24)9-6-14/h5-11,13,21H,12H2,1-4H3,(H2,25,26,28). The van der Waals surface area contributed by atoms with Crippen LogP contribution in [0.15, 0.2) is 53.7 Å². The van der Waals surface area contributed by atoms with Gasteiger partial charge in [-0.2, -0.15) is 0 Å². The Morgan fingerprint density at radius 2 is 1.81 bits per heavy atom. The highest BCUT2D eigenvalue weighted by atomic mass is 35.5. The van der Waals surface area contributed by atoms with Crippen molar-refractivity contribution < 1.29 is 23.8 Å². The van der Waals surface area contributed by atoms with Crippen LogP contribution in [0.3, 0.4) is 0 Å². The number of methoxy groups -OCH3 is 2. The van der Waals surface area contributed by atoms with Gasteiger partial charge in [-0.3, -0.25) is 0 Å². The number of ether oxygens (including phenoxy) is 3. The minimum Gasteiger partial charge on any atom is -0.493 e. The molecule has 7 nitrogen and oxygen atoms in total. The van der Waals surface area contributed by atoms with E-state index in [2.05, 4.69) is 10.6 Å². The van der Waals surface area contributed by atoms with Crippen molar-refractivity contribution in [3.05, 3.63) is 69.9 Å². The molecular weight excluding hydrogens is 420 g/mol. The van der Waals surface area contributed by atoms with Crippen LogP contribution in [0.25, 0.3) is 0 Å². The molecule has 1 unspecified atom stereocenters. The van der Waals surface area contributed by atoms with Gasteiger partial charge < -0.3 is 24.8 Å². The van der Waals surface area contributed by atoms with Crippen LogP contribution in [-0.2, 0) is 16.1 Å². The van der Waals surface area contributed by atoms with Gasteiger partial charge in [-0.1, -0.05) is 43.6 Å². The number of carbonyl (C=O) groups excluding carboxylic acids is 2. The molecule has 164 valence electrons. The second kappa shape index (κ2) is 9.75. The van der Waals surface area contributed by atoms with Crippen LogP contribution in [-0.4, -0.2) is 26.2 Å². The molecule has 2 aromatic carbocycles. The summed E-state index contributed by atoms with van der Waals surface area (Å²) in [5, 5.41) is 6.18. The largest absolute Gasteiger partial charge is 0.493 e. The molecule has 3 rings (SSSR count). The zero-order valence-electron chi connectivity index (χ0n) is 17.8. The molecule has 0 spiro atoms. The number of hydrogen-bond acceptors (Lipinski definition) is 5. The first kappa shape index (κ1) is 22.5. The number of benzene rings is 2. The van der Waals surface area contributed by atoms with E-state index in [4.69, 9.17) is 25.8 Å². The van der Waals surface area contributed by atoms with Crippen molar-refractivity contribution in [2.24, 2.45) is 5.92 Å². The van der Waals surface area contributed by atoms with Crippen LogP contribution in [0.2, 0.25) is 5.02 Å². The molecule has 1 aliphatic heterocycles. The highest BCUT2D eigenvalue weighted by Gasteiger charge is 2.34. The van der Waals surface area contributed by atoms with E-state index in [1.54, 1.807) is 30.3 Å². The summed E-state index contributed by atoms with van der Waals surface area (Å²) in [5.41, 5.74) is 2.51. The normalized spacial score (nSPS) is 15.9. The summed E-state index contributed by atoms with van der Waals surface area (Å²) in [6, 6.07) is 11.6. The molecule has 0 fully saturated rings. The van der Waals surface area contributed by atoms with Crippen LogP contribution in [0, 0.1) is 5.92 Å². The van der Waals surface area contributed by atoms with Crippen LogP contribution < -0.4 is 20.1 Å². The summed E-state index contributed by atoms with van der Waals surface area (Å²) in [4.78, 5) is 24.8. The molecule has 2 N–H and O–H groups in total. The third-order valence-electron chi connectivity index (χ3n) is 4.91. The number of amides is 2. The molecule has 8 heteroatoms. The van der Waals surface area contributed by atoms with Crippen LogP contribution in [0.4, 0.5) is 4.79 Å². The number of rotatable bonds is 7. The third kappa shape index (κ3) is 5.11. The van der Waals surface area contributed by atoms with Gasteiger partial charge in [0, 0.05) is 10.7 Å². The van der Waals surface area contributed by atoms with Crippen molar-refractivity contribution >= 4 is 23.6 Å². The lowest BCUT2D eigenvalue weighted by Crippen LogP contribution is -2.47. The Morgan fingerprint density at radius 3 is 2.42 bits per heavy atom. The van der Waals surface area contributed by atoms with Crippen LogP contribution in [0.5, 0.6) is 11.5 Å². The van der Waals surface area contributed by atoms with Gasteiger partial charge in [0.15, 0.2) is 11.5 Å². The lowest BCUT2D eigenvalue weighted by Gasteiger charge is -2.31. The number of carbonyl (C=O) groups is 2. The van der Waals surface area contributed by atoms with E-state index < -0.39 is 12.0 Å². The smallest absolute Gasteiger partial charge is 0.337 e. The summed E-state index contributed by atoms with van der Waals surface area (Å²) < 4.78 is 16.4. The Bertz CT molecular complexity index is 1000. The van der Waals surface area contributed by atoms with E-state index >= 15 is 0 Å². The van der Waals surface area contributed by atoms with Gasteiger partial charge in [0.25, 0.3) is 0 Å². The summed E-state index contributed by atoms with van der Waals surface area (Å²) in [6.07, 6.45) is 0. The maximum Gasteiger partial charge on any atom is 0.337 e. The molecule has 0 aliphatic carbocycles. The Labute approximate surface area is 186 Å². The lowest BCUT2D eigenvalue weighted by molar-refractivity contribution is -0.136. The van der Waals surface area contributed by atoms with Gasteiger partial charge in [0.1, 0.15) is 6.61 Å². The van der Waals surface area contributed by atoms with Gasteiger partial charge in [0.05, 0.1) is 25.8 Å². The SMILES string of the molecule is COC(=O)C1=C(C(C)C)NC(=O)NC1c1ccc(OCc2ccc(Cl)cc2)c(OC)c1. The average molecular weight is 445 g/mol. The molecule has 0 saturated carbocycles. The number of allylic oxidation sites excluding steroid dienone is 1. The summed E-state index contributed by atoms with van der Waals surface area (Å²) in [6.45, 7) is 4.13. The predicted octanol–water partition coefficient (Wildman–Crippen LogP) is 4.36. The maximum atomic E-state index is 12.5. The molecule has 0 radical (unpaired) electrons. The minimum atomic E-state index is -0.683. The fraction of sp³-hybridized carbons (Fsp3) is 0.304. The monoisotopic (exact) mass is 444 g/mol.